The second-order valence-electron chi connectivity index (χ2n) is 7.07. The first-order chi connectivity index (χ1) is 12.7. The lowest BCUT2D eigenvalue weighted by molar-refractivity contribution is 0.189. The molecule has 2 amide bonds. The number of hydrogen-bond acceptors (Lipinski definition) is 2. The van der Waals surface area contributed by atoms with Gasteiger partial charge in [0.25, 0.3) is 0 Å². The Labute approximate surface area is 159 Å². The number of urea groups is 1. The number of carbonyl (C=O) groups excluding carboxylic acids is 1. The SMILES string of the molecule is O=C1Nc2ccc(Cl)cc2C(c2ccccc2)N1CCCN1CCCC1. The van der Waals surface area contributed by atoms with Crippen molar-refractivity contribution in [3.8, 4) is 0 Å². The van der Waals surface area contributed by atoms with Crippen molar-refractivity contribution in [2.24, 2.45) is 0 Å². The Bertz CT molecular complexity index is 774. The van der Waals surface area contributed by atoms with E-state index in [0.717, 1.165) is 36.3 Å². The minimum absolute atomic E-state index is 0.0323. The lowest BCUT2D eigenvalue weighted by atomic mass is 9.94. The topological polar surface area (TPSA) is 35.6 Å². The highest BCUT2D eigenvalue weighted by atomic mass is 35.5. The molecule has 136 valence electrons. The zero-order valence-electron chi connectivity index (χ0n) is 14.8. The van der Waals surface area contributed by atoms with Gasteiger partial charge in [-0.3, -0.25) is 0 Å². The molecule has 0 aliphatic carbocycles. The van der Waals surface area contributed by atoms with E-state index in [1.807, 2.05) is 41.3 Å². The van der Waals surface area contributed by atoms with Gasteiger partial charge >= 0.3 is 6.03 Å². The van der Waals surface area contributed by atoms with E-state index in [9.17, 15) is 4.79 Å². The Morgan fingerprint density at radius 1 is 1.04 bits per heavy atom. The van der Waals surface area contributed by atoms with Gasteiger partial charge in [0.1, 0.15) is 0 Å². The third-order valence-electron chi connectivity index (χ3n) is 5.31. The predicted molar refractivity (Wildman–Crippen MR) is 106 cm³/mol. The highest BCUT2D eigenvalue weighted by Crippen LogP contribution is 2.39. The van der Waals surface area contributed by atoms with Gasteiger partial charge in [-0.25, -0.2) is 4.79 Å². The Balaban J connectivity index is 1.61. The number of hydrogen-bond donors (Lipinski definition) is 1. The van der Waals surface area contributed by atoms with Gasteiger partial charge in [0.15, 0.2) is 0 Å². The van der Waals surface area contributed by atoms with Crippen molar-refractivity contribution in [1.29, 1.82) is 0 Å². The summed E-state index contributed by atoms with van der Waals surface area (Å²) < 4.78 is 0. The van der Waals surface area contributed by atoms with Crippen LogP contribution in [0.3, 0.4) is 0 Å². The van der Waals surface area contributed by atoms with Crippen molar-refractivity contribution in [3.63, 3.8) is 0 Å². The number of carbonyl (C=O) groups is 1. The molecule has 1 saturated heterocycles. The van der Waals surface area contributed by atoms with E-state index in [-0.39, 0.29) is 12.1 Å². The van der Waals surface area contributed by atoms with Crippen molar-refractivity contribution in [2.45, 2.75) is 25.3 Å². The fourth-order valence-electron chi connectivity index (χ4n) is 4.04. The fourth-order valence-corrected chi connectivity index (χ4v) is 4.22. The van der Waals surface area contributed by atoms with Crippen molar-refractivity contribution in [2.75, 3.05) is 31.5 Å². The van der Waals surface area contributed by atoms with Crippen LogP contribution in [0.1, 0.15) is 36.4 Å². The van der Waals surface area contributed by atoms with Crippen LogP contribution in [0.2, 0.25) is 5.02 Å². The molecule has 2 aromatic rings. The quantitative estimate of drug-likeness (QED) is 0.824. The monoisotopic (exact) mass is 369 g/mol. The maximum absolute atomic E-state index is 12.8. The summed E-state index contributed by atoms with van der Waals surface area (Å²) in [6, 6.07) is 15.8. The minimum atomic E-state index is -0.0998. The highest BCUT2D eigenvalue weighted by Gasteiger charge is 2.33. The molecule has 1 N–H and O–H groups in total. The van der Waals surface area contributed by atoms with Gasteiger partial charge in [0.2, 0.25) is 0 Å². The number of nitrogens with zero attached hydrogens (tertiary/aromatic N) is 2. The highest BCUT2D eigenvalue weighted by molar-refractivity contribution is 6.30. The van der Waals surface area contributed by atoms with Crippen LogP contribution in [-0.4, -0.2) is 42.0 Å². The second kappa shape index (κ2) is 7.68. The smallest absolute Gasteiger partial charge is 0.313 e. The fraction of sp³-hybridized carbons (Fsp3) is 0.381. The molecule has 0 bridgehead atoms. The van der Waals surface area contributed by atoms with Crippen LogP contribution < -0.4 is 5.32 Å². The van der Waals surface area contributed by atoms with E-state index in [4.69, 9.17) is 11.6 Å². The van der Waals surface area contributed by atoms with Gasteiger partial charge in [-0.05, 0) is 62.7 Å². The van der Waals surface area contributed by atoms with Gasteiger partial charge in [-0.15, -0.1) is 0 Å². The van der Waals surface area contributed by atoms with E-state index in [2.05, 4.69) is 22.3 Å². The van der Waals surface area contributed by atoms with Gasteiger partial charge in [0, 0.05) is 22.8 Å². The molecule has 0 spiro atoms. The normalized spacial score (nSPS) is 20.1. The Kier molecular flexibility index (Phi) is 5.14. The summed E-state index contributed by atoms with van der Waals surface area (Å²) in [5, 5.41) is 3.72. The first-order valence-electron chi connectivity index (χ1n) is 9.37. The summed E-state index contributed by atoms with van der Waals surface area (Å²) in [6.07, 6.45) is 3.57. The molecule has 1 fully saturated rings. The molecule has 1 atom stereocenters. The number of anilines is 1. The second-order valence-corrected chi connectivity index (χ2v) is 7.51. The van der Waals surface area contributed by atoms with Crippen molar-refractivity contribution in [1.82, 2.24) is 9.80 Å². The van der Waals surface area contributed by atoms with Crippen LogP contribution in [0.4, 0.5) is 10.5 Å². The van der Waals surface area contributed by atoms with E-state index < -0.39 is 0 Å². The molecule has 26 heavy (non-hydrogen) atoms. The third kappa shape index (κ3) is 3.57. The maximum atomic E-state index is 12.8. The number of fused-ring (bicyclic) bond motifs is 1. The predicted octanol–water partition coefficient (Wildman–Crippen LogP) is 4.76. The molecule has 4 rings (SSSR count). The number of benzene rings is 2. The zero-order chi connectivity index (χ0) is 17.9. The number of nitrogens with one attached hydrogen (secondary N) is 1. The summed E-state index contributed by atoms with van der Waals surface area (Å²) >= 11 is 6.27. The van der Waals surface area contributed by atoms with Gasteiger partial charge in [0.05, 0.1) is 6.04 Å². The molecule has 2 aliphatic heterocycles. The Hall–Kier alpha value is -2.04. The van der Waals surface area contributed by atoms with E-state index in [1.54, 1.807) is 0 Å². The standard InChI is InChI=1S/C21H24ClN3O/c22-17-9-10-19-18(15-17)20(16-7-2-1-3-8-16)25(21(26)23-19)14-6-13-24-11-4-5-12-24/h1-3,7-10,15,20H,4-6,11-14H2,(H,23,26). The van der Waals surface area contributed by atoms with E-state index in [0.29, 0.717) is 5.02 Å². The molecule has 2 aliphatic rings. The maximum Gasteiger partial charge on any atom is 0.322 e. The summed E-state index contributed by atoms with van der Waals surface area (Å²) in [6.45, 7) is 4.15. The lowest BCUT2D eigenvalue weighted by Gasteiger charge is -2.38. The van der Waals surface area contributed by atoms with Crippen LogP contribution in [0.5, 0.6) is 0 Å². The third-order valence-corrected chi connectivity index (χ3v) is 5.54. The number of likely N-dealkylation sites (tertiary alicyclic amines) is 1. The van der Waals surface area contributed by atoms with Crippen LogP contribution >= 0.6 is 11.6 Å². The van der Waals surface area contributed by atoms with E-state index in [1.165, 1.54) is 25.9 Å². The van der Waals surface area contributed by atoms with Crippen LogP contribution in [-0.2, 0) is 0 Å². The van der Waals surface area contributed by atoms with Crippen molar-refractivity contribution in [3.05, 3.63) is 64.7 Å². The Morgan fingerprint density at radius 2 is 1.81 bits per heavy atom. The van der Waals surface area contributed by atoms with Crippen LogP contribution in [0.25, 0.3) is 0 Å². The summed E-state index contributed by atoms with van der Waals surface area (Å²) in [5.41, 5.74) is 3.03. The van der Waals surface area contributed by atoms with Crippen molar-refractivity contribution < 1.29 is 4.79 Å². The molecular weight excluding hydrogens is 346 g/mol. The molecule has 0 aromatic heterocycles. The summed E-state index contributed by atoms with van der Waals surface area (Å²) in [7, 11) is 0. The van der Waals surface area contributed by atoms with Gasteiger partial charge in [-0.2, -0.15) is 0 Å². The molecule has 2 aromatic carbocycles. The molecular formula is C21H24ClN3O. The largest absolute Gasteiger partial charge is 0.322 e. The molecule has 5 heteroatoms. The first kappa shape index (κ1) is 17.4. The molecule has 4 nitrogen and oxygen atoms in total. The first-order valence-corrected chi connectivity index (χ1v) is 9.74. The molecule has 0 saturated carbocycles. The summed E-state index contributed by atoms with van der Waals surface area (Å²) in [5.74, 6) is 0. The molecule has 1 unspecified atom stereocenters. The van der Waals surface area contributed by atoms with Gasteiger partial charge in [-0.1, -0.05) is 41.9 Å². The average Bonchev–Trinajstić information content (AvgIpc) is 3.16. The molecule has 0 radical (unpaired) electrons. The van der Waals surface area contributed by atoms with Crippen LogP contribution in [0.15, 0.2) is 48.5 Å². The zero-order valence-corrected chi connectivity index (χ0v) is 15.6. The summed E-state index contributed by atoms with van der Waals surface area (Å²) in [4.78, 5) is 17.3. The molecule has 2 heterocycles. The van der Waals surface area contributed by atoms with Gasteiger partial charge < -0.3 is 15.1 Å². The minimum Gasteiger partial charge on any atom is -0.313 e. The van der Waals surface area contributed by atoms with Crippen LogP contribution in [0, 0.1) is 0 Å². The Morgan fingerprint density at radius 3 is 2.58 bits per heavy atom. The average molecular weight is 370 g/mol. The number of amides is 2. The van der Waals surface area contributed by atoms with Crippen molar-refractivity contribution >= 4 is 23.3 Å². The number of rotatable bonds is 5. The lowest BCUT2D eigenvalue weighted by Crippen LogP contribution is -2.44. The number of halogens is 1. The van der Waals surface area contributed by atoms with E-state index >= 15 is 0 Å².